The molecule has 0 spiro atoms. The lowest BCUT2D eigenvalue weighted by atomic mass is 9.75. The molecule has 7 nitrogen and oxygen atoms in total. The monoisotopic (exact) mass is 470 g/mol. The van der Waals surface area contributed by atoms with Gasteiger partial charge in [0, 0.05) is 35.1 Å². The Kier molecular flexibility index (Phi) is 5.25. The van der Waals surface area contributed by atoms with Crippen LogP contribution in [0, 0.1) is 0 Å². The van der Waals surface area contributed by atoms with E-state index in [1.165, 1.54) is 66.7 Å². The summed E-state index contributed by atoms with van der Waals surface area (Å²) in [5.74, 6) is -3.29. The predicted molar refractivity (Wildman–Crippen MR) is 127 cm³/mol. The Morgan fingerprint density at radius 3 is 1.71 bits per heavy atom. The van der Waals surface area contributed by atoms with Crippen molar-refractivity contribution in [3.63, 3.8) is 0 Å². The van der Waals surface area contributed by atoms with E-state index >= 15 is 0 Å². The van der Waals surface area contributed by atoms with E-state index in [9.17, 15) is 35.4 Å². The smallest absolute Gasteiger partial charge is 0.170 e. The first-order valence-corrected chi connectivity index (χ1v) is 10.9. The summed E-state index contributed by atoms with van der Waals surface area (Å²) in [6, 6.07) is 18.9. The van der Waals surface area contributed by atoms with E-state index in [-0.39, 0.29) is 40.3 Å². The van der Waals surface area contributed by atoms with Crippen LogP contribution in [0.3, 0.4) is 0 Å². The fourth-order valence-electron chi connectivity index (χ4n) is 5.17. The molecule has 0 bridgehead atoms. The number of hydrogen-bond donors (Lipinski definition) is 6. The molecule has 4 aromatic carbocycles. The van der Waals surface area contributed by atoms with Gasteiger partial charge in [-0.3, -0.25) is 4.79 Å². The Balaban J connectivity index is 1.80. The summed E-state index contributed by atoms with van der Waals surface area (Å²) < 4.78 is 0. The quantitative estimate of drug-likeness (QED) is 0.235. The maximum atomic E-state index is 13.9. The third-order valence-electron chi connectivity index (χ3n) is 6.54. The molecule has 0 heterocycles. The molecule has 3 unspecified atom stereocenters. The van der Waals surface area contributed by atoms with Gasteiger partial charge in [-0.2, -0.15) is 0 Å². The number of phenolic OH excluding ortho intramolecular Hbond substituents is 6. The predicted octanol–water partition coefficient (Wildman–Crippen LogP) is 4.82. The number of hydrogen-bond acceptors (Lipinski definition) is 7. The molecule has 35 heavy (non-hydrogen) atoms. The highest BCUT2D eigenvalue weighted by molar-refractivity contribution is 6.03. The van der Waals surface area contributed by atoms with Crippen molar-refractivity contribution in [2.75, 3.05) is 0 Å². The second-order valence-electron chi connectivity index (χ2n) is 8.73. The molecular weight excluding hydrogens is 448 g/mol. The first-order chi connectivity index (χ1) is 16.7. The van der Waals surface area contributed by atoms with Gasteiger partial charge in [0.05, 0.1) is 5.92 Å². The van der Waals surface area contributed by atoms with E-state index in [2.05, 4.69) is 0 Å². The van der Waals surface area contributed by atoms with Crippen molar-refractivity contribution in [1.82, 2.24) is 0 Å². The van der Waals surface area contributed by atoms with Crippen LogP contribution in [0.15, 0.2) is 78.9 Å². The number of benzene rings is 4. The van der Waals surface area contributed by atoms with Crippen molar-refractivity contribution in [3.05, 3.63) is 107 Å². The molecule has 1 aliphatic rings. The van der Waals surface area contributed by atoms with Crippen LogP contribution >= 0.6 is 0 Å². The minimum atomic E-state index is -0.910. The van der Waals surface area contributed by atoms with Crippen molar-refractivity contribution >= 4 is 5.78 Å². The number of phenols is 6. The number of ketones is 1. The van der Waals surface area contributed by atoms with Gasteiger partial charge in [-0.05, 0) is 71.3 Å². The number of carbonyl (C=O) groups excluding carboxylic acids is 1. The van der Waals surface area contributed by atoms with Crippen molar-refractivity contribution in [3.8, 4) is 34.5 Å². The normalized spacial score (nSPS) is 18.8. The second-order valence-corrected chi connectivity index (χ2v) is 8.73. The molecule has 1 aliphatic carbocycles. The molecule has 176 valence electrons. The minimum absolute atomic E-state index is 0.0000785. The van der Waals surface area contributed by atoms with Crippen LogP contribution < -0.4 is 0 Å². The fraction of sp³-hybridized carbons (Fsp3) is 0.107. The van der Waals surface area contributed by atoms with Gasteiger partial charge in [-0.15, -0.1) is 0 Å². The van der Waals surface area contributed by atoms with E-state index in [4.69, 9.17) is 0 Å². The van der Waals surface area contributed by atoms with E-state index in [1.807, 2.05) is 0 Å². The second kappa shape index (κ2) is 8.29. The van der Waals surface area contributed by atoms with Gasteiger partial charge < -0.3 is 30.6 Å². The van der Waals surface area contributed by atoms with Crippen molar-refractivity contribution in [2.45, 2.75) is 17.8 Å². The van der Waals surface area contributed by atoms with Crippen LogP contribution in [0.1, 0.15) is 50.4 Å². The molecule has 4 aromatic rings. The number of Topliss-reactive ketones (excluding diaryl/α,β-unsaturated/α-hetero) is 1. The van der Waals surface area contributed by atoms with Gasteiger partial charge in [0.15, 0.2) is 5.78 Å². The van der Waals surface area contributed by atoms with E-state index in [1.54, 1.807) is 12.1 Å². The van der Waals surface area contributed by atoms with Crippen molar-refractivity contribution in [2.24, 2.45) is 0 Å². The zero-order chi connectivity index (χ0) is 24.9. The largest absolute Gasteiger partial charge is 0.508 e. The van der Waals surface area contributed by atoms with Crippen LogP contribution in [0.2, 0.25) is 0 Å². The third kappa shape index (κ3) is 3.87. The van der Waals surface area contributed by atoms with Crippen molar-refractivity contribution < 1.29 is 35.4 Å². The summed E-state index contributed by atoms with van der Waals surface area (Å²) in [4.78, 5) is 13.9. The number of carbonyl (C=O) groups is 1. The van der Waals surface area contributed by atoms with Crippen LogP contribution in [0.4, 0.5) is 0 Å². The van der Waals surface area contributed by atoms with Gasteiger partial charge in [-0.25, -0.2) is 0 Å². The Hall–Kier alpha value is -4.65. The Labute approximate surface area is 200 Å². The molecule has 3 atom stereocenters. The highest BCUT2D eigenvalue weighted by Gasteiger charge is 2.48. The molecule has 7 heteroatoms. The topological polar surface area (TPSA) is 138 Å². The molecule has 0 amide bonds. The standard InChI is InChI=1S/C28H22O7/c29-17-5-1-14(2-6-17)24-25(16-9-19(31)11-20(32)10-16)27(22-12-21(33)13-23(34)26(22)24)28(35)15-3-7-18(30)8-4-15/h1-13,24-25,27,29-34H. The summed E-state index contributed by atoms with van der Waals surface area (Å²) in [6.07, 6.45) is 0. The summed E-state index contributed by atoms with van der Waals surface area (Å²) in [5, 5.41) is 61.2. The lowest BCUT2D eigenvalue weighted by molar-refractivity contribution is 0.0949. The fourth-order valence-corrected chi connectivity index (χ4v) is 5.17. The highest BCUT2D eigenvalue weighted by atomic mass is 16.3. The van der Waals surface area contributed by atoms with E-state index in [0.29, 0.717) is 27.8 Å². The molecule has 6 N–H and O–H groups in total. The van der Waals surface area contributed by atoms with Crippen LogP contribution in [-0.4, -0.2) is 36.4 Å². The molecule has 0 aromatic heterocycles. The molecule has 0 aliphatic heterocycles. The maximum Gasteiger partial charge on any atom is 0.170 e. The molecular formula is C28H22O7. The number of fused-ring (bicyclic) bond motifs is 1. The SMILES string of the molecule is O=C(c1ccc(O)cc1)C1c2cc(O)cc(O)c2C(c2ccc(O)cc2)C1c1cc(O)cc(O)c1. The molecule has 0 fully saturated rings. The maximum absolute atomic E-state index is 13.9. The Morgan fingerprint density at radius 2 is 1.11 bits per heavy atom. The molecule has 0 saturated carbocycles. The lowest BCUT2D eigenvalue weighted by Crippen LogP contribution is -2.19. The van der Waals surface area contributed by atoms with Gasteiger partial charge in [0.1, 0.15) is 34.5 Å². The van der Waals surface area contributed by atoms with Gasteiger partial charge >= 0.3 is 0 Å². The molecule has 5 rings (SSSR count). The third-order valence-corrected chi connectivity index (χ3v) is 6.54. The highest BCUT2D eigenvalue weighted by Crippen LogP contribution is 2.59. The summed E-state index contributed by atoms with van der Waals surface area (Å²) >= 11 is 0. The zero-order valence-electron chi connectivity index (χ0n) is 18.3. The summed E-state index contributed by atoms with van der Waals surface area (Å²) in [6.45, 7) is 0. The minimum Gasteiger partial charge on any atom is -0.508 e. The average Bonchev–Trinajstić information content (AvgIpc) is 3.14. The Morgan fingerprint density at radius 1 is 0.571 bits per heavy atom. The average molecular weight is 470 g/mol. The van der Waals surface area contributed by atoms with Gasteiger partial charge in [0.25, 0.3) is 0 Å². The van der Waals surface area contributed by atoms with Crippen LogP contribution in [0.5, 0.6) is 34.5 Å². The summed E-state index contributed by atoms with van der Waals surface area (Å²) in [5.41, 5.74) is 2.28. The van der Waals surface area contributed by atoms with Gasteiger partial charge in [0.2, 0.25) is 0 Å². The van der Waals surface area contributed by atoms with Crippen LogP contribution in [0.25, 0.3) is 0 Å². The summed E-state index contributed by atoms with van der Waals surface area (Å²) in [7, 11) is 0. The Bertz CT molecular complexity index is 1410. The zero-order valence-corrected chi connectivity index (χ0v) is 18.3. The first kappa shape index (κ1) is 22.2. The van der Waals surface area contributed by atoms with E-state index in [0.717, 1.165) is 0 Å². The number of rotatable bonds is 4. The molecule has 0 saturated heterocycles. The number of aromatic hydroxyl groups is 6. The van der Waals surface area contributed by atoms with Crippen LogP contribution in [-0.2, 0) is 0 Å². The van der Waals surface area contributed by atoms with Crippen molar-refractivity contribution in [1.29, 1.82) is 0 Å². The van der Waals surface area contributed by atoms with E-state index < -0.39 is 17.8 Å². The molecule has 0 radical (unpaired) electrons. The van der Waals surface area contributed by atoms with Gasteiger partial charge in [-0.1, -0.05) is 12.1 Å². The first-order valence-electron chi connectivity index (χ1n) is 10.9. The lowest BCUT2D eigenvalue weighted by Gasteiger charge is -2.26.